The average molecular weight is 303 g/mol. The third kappa shape index (κ3) is 2.64. The van der Waals surface area contributed by atoms with Gasteiger partial charge in [-0.1, -0.05) is 6.92 Å². The van der Waals surface area contributed by atoms with E-state index in [0.29, 0.717) is 11.6 Å². The summed E-state index contributed by atoms with van der Waals surface area (Å²) in [6.45, 7) is 2.39. The van der Waals surface area contributed by atoms with Crippen LogP contribution in [0.1, 0.15) is 18.4 Å². The van der Waals surface area contributed by atoms with Crippen LogP contribution in [0.2, 0.25) is 0 Å². The second-order valence-corrected chi connectivity index (χ2v) is 5.87. The maximum atomic E-state index is 8.81. The lowest BCUT2D eigenvalue weighted by atomic mass is 10.2. The molecule has 2 aromatic heterocycles. The highest BCUT2D eigenvalue weighted by atomic mass is 32.1. The van der Waals surface area contributed by atoms with Gasteiger partial charge in [0, 0.05) is 11.5 Å². The molecule has 0 amide bonds. The van der Waals surface area contributed by atoms with Crippen LogP contribution in [-0.4, -0.2) is 28.3 Å². The molecule has 6 heteroatoms. The zero-order valence-electron chi connectivity index (χ0n) is 11.8. The molecular weight excluding hydrogens is 286 g/mol. The fraction of sp³-hybridized carbons (Fsp3) is 0.333. The van der Waals surface area contributed by atoms with Crippen LogP contribution in [0.4, 0.5) is 5.82 Å². The molecule has 0 fully saturated rings. The SMILES string of the molecule is CCCc1nc2c(N)nc3cc(OCCO)ccc3c2s1. The molecule has 0 saturated carbocycles. The number of fused-ring (bicyclic) bond motifs is 3. The van der Waals surface area contributed by atoms with Crippen LogP contribution in [0.15, 0.2) is 18.2 Å². The van der Waals surface area contributed by atoms with E-state index in [1.165, 1.54) is 0 Å². The van der Waals surface area contributed by atoms with E-state index in [9.17, 15) is 0 Å². The topological polar surface area (TPSA) is 81.3 Å². The summed E-state index contributed by atoms with van der Waals surface area (Å²) < 4.78 is 6.49. The first-order valence-corrected chi connectivity index (χ1v) is 7.77. The minimum absolute atomic E-state index is 0.0120. The van der Waals surface area contributed by atoms with E-state index in [0.717, 1.165) is 39.0 Å². The zero-order valence-corrected chi connectivity index (χ0v) is 12.6. The number of hydrogen-bond acceptors (Lipinski definition) is 6. The Bertz CT molecular complexity index is 785. The number of ether oxygens (including phenoxy) is 1. The van der Waals surface area contributed by atoms with Gasteiger partial charge in [0.25, 0.3) is 0 Å². The van der Waals surface area contributed by atoms with Gasteiger partial charge >= 0.3 is 0 Å². The first-order chi connectivity index (χ1) is 10.2. The lowest BCUT2D eigenvalue weighted by molar-refractivity contribution is 0.201. The first kappa shape index (κ1) is 14.0. The van der Waals surface area contributed by atoms with Crippen molar-refractivity contribution >= 4 is 38.3 Å². The second kappa shape index (κ2) is 5.83. The molecule has 21 heavy (non-hydrogen) atoms. The number of nitrogen functional groups attached to an aromatic ring is 1. The number of nitrogens with zero attached hydrogens (tertiary/aromatic N) is 2. The summed E-state index contributed by atoms with van der Waals surface area (Å²) in [5.74, 6) is 1.14. The Morgan fingerprint density at radius 1 is 1.33 bits per heavy atom. The van der Waals surface area contributed by atoms with Crippen molar-refractivity contribution in [2.24, 2.45) is 0 Å². The van der Waals surface area contributed by atoms with Crippen molar-refractivity contribution in [3.05, 3.63) is 23.2 Å². The average Bonchev–Trinajstić information content (AvgIpc) is 2.90. The lowest BCUT2D eigenvalue weighted by Crippen LogP contribution is -2.01. The molecule has 110 valence electrons. The molecule has 0 bridgehead atoms. The standard InChI is InChI=1S/C15H17N3O2S/c1-2-3-12-18-13-14(21-12)10-5-4-9(20-7-6-19)8-11(10)17-15(13)16/h4-5,8,19H,2-3,6-7H2,1H3,(H2,16,17). The van der Waals surface area contributed by atoms with Crippen LogP contribution in [0, 0.1) is 0 Å². The minimum Gasteiger partial charge on any atom is -0.491 e. The van der Waals surface area contributed by atoms with Gasteiger partial charge in [-0.05, 0) is 25.0 Å². The van der Waals surface area contributed by atoms with Crippen LogP contribution >= 0.6 is 11.3 Å². The summed E-state index contributed by atoms with van der Waals surface area (Å²) in [5.41, 5.74) is 7.62. The third-order valence-corrected chi connectivity index (χ3v) is 4.34. The number of thiazole rings is 1. The molecule has 0 spiro atoms. The molecule has 0 aliphatic rings. The Kier molecular flexibility index (Phi) is 3.90. The van der Waals surface area contributed by atoms with E-state index in [-0.39, 0.29) is 13.2 Å². The zero-order chi connectivity index (χ0) is 14.8. The Labute approximate surface area is 126 Å². The number of pyridine rings is 1. The fourth-order valence-corrected chi connectivity index (χ4v) is 3.48. The van der Waals surface area contributed by atoms with Crippen molar-refractivity contribution < 1.29 is 9.84 Å². The molecule has 1 aromatic carbocycles. The first-order valence-electron chi connectivity index (χ1n) is 6.95. The van der Waals surface area contributed by atoms with Gasteiger partial charge in [-0.2, -0.15) is 0 Å². The van der Waals surface area contributed by atoms with E-state index in [1.54, 1.807) is 11.3 Å². The largest absolute Gasteiger partial charge is 0.491 e. The molecule has 0 aliphatic heterocycles. The van der Waals surface area contributed by atoms with Gasteiger partial charge in [0.15, 0.2) is 5.82 Å². The van der Waals surface area contributed by atoms with Gasteiger partial charge in [0.05, 0.1) is 21.8 Å². The van der Waals surface area contributed by atoms with E-state index in [1.807, 2.05) is 18.2 Å². The Morgan fingerprint density at radius 2 is 2.19 bits per heavy atom. The molecule has 0 unspecified atom stereocenters. The second-order valence-electron chi connectivity index (χ2n) is 4.78. The van der Waals surface area contributed by atoms with Gasteiger partial charge in [-0.15, -0.1) is 11.3 Å². The van der Waals surface area contributed by atoms with E-state index < -0.39 is 0 Å². The smallest absolute Gasteiger partial charge is 0.151 e. The molecule has 0 radical (unpaired) electrons. The quantitative estimate of drug-likeness (QED) is 0.757. The van der Waals surface area contributed by atoms with Crippen LogP contribution < -0.4 is 10.5 Å². The van der Waals surface area contributed by atoms with Crippen molar-refractivity contribution in [1.29, 1.82) is 0 Å². The van der Waals surface area contributed by atoms with Gasteiger partial charge in [-0.25, -0.2) is 9.97 Å². The molecule has 5 nitrogen and oxygen atoms in total. The summed E-state index contributed by atoms with van der Waals surface area (Å²) in [4.78, 5) is 9.02. The van der Waals surface area contributed by atoms with Gasteiger partial charge in [0.1, 0.15) is 17.9 Å². The predicted octanol–water partition coefficient (Wildman–Crippen LogP) is 2.75. The number of nitrogens with two attached hydrogens (primary N) is 1. The van der Waals surface area contributed by atoms with Crippen LogP contribution in [0.25, 0.3) is 21.1 Å². The lowest BCUT2D eigenvalue weighted by Gasteiger charge is -2.06. The maximum Gasteiger partial charge on any atom is 0.151 e. The number of hydrogen-bond donors (Lipinski definition) is 2. The van der Waals surface area contributed by atoms with Gasteiger partial charge < -0.3 is 15.6 Å². The van der Waals surface area contributed by atoms with Crippen molar-refractivity contribution in [1.82, 2.24) is 9.97 Å². The number of aromatic nitrogens is 2. The number of rotatable bonds is 5. The van der Waals surface area contributed by atoms with Crippen molar-refractivity contribution in [3.63, 3.8) is 0 Å². The van der Waals surface area contributed by atoms with E-state index >= 15 is 0 Å². The monoisotopic (exact) mass is 303 g/mol. The molecule has 3 aromatic rings. The van der Waals surface area contributed by atoms with Crippen molar-refractivity contribution in [3.8, 4) is 5.75 Å². The summed E-state index contributed by atoms with van der Waals surface area (Å²) in [7, 11) is 0. The number of aliphatic hydroxyl groups is 1. The molecule has 3 N–H and O–H groups in total. The highest BCUT2D eigenvalue weighted by Crippen LogP contribution is 2.34. The summed E-state index contributed by atoms with van der Waals surface area (Å²) >= 11 is 1.68. The van der Waals surface area contributed by atoms with Crippen LogP contribution in [0.5, 0.6) is 5.75 Å². The normalized spacial score (nSPS) is 11.3. The Morgan fingerprint density at radius 3 is 2.95 bits per heavy atom. The fourth-order valence-electron chi connectivity index (χ4n) is 2.27. The highest BCUT2D eigenvalue weighted by molar-refractivity contribution is 7.19. The van der Waals surface area contributed by atoms with E-state index in [4.69, 9.17) is 15.6 Å². The molecule has 0 aliphatic carbocycles. The Balaban J connectivity index is 2.14. The van der Waals surface area contributed by atoms with Crippen molar-refractivity contribution in [2.75, 3.05) is 18.9 Å². The highest BCUT2D eigenvalue weighted by Gasteiger charge is 2.12. The van der Waals surface area contributed by atoms with Gasteiger partial charge in [0.2, 0.25) is 0 Å². The molecule has 3 rings (SSSR count). The minimum atomic E-state index is -0.0120. The molecule has 0 saturated heterocycles. The summed E-state index contributed by atoms with van der Waals surface area (Å²) in [6, 6.07) is 5.71. The maximum absolute atomic E-state index is 8.81. The summed E-state index contributed by atoms with van der Waals surface area (Å²) in [5, 5.41) is 10.9. The number of aliphatic hydroxyl groups excluding tert-OH is 1. The summed E-state index contributed by atoms with van der Waals surface area (Å²) in [6.07, 6.45) is 2.02. The number of benzene rings is 1. The number of aryl methyl sites for hydroxylation is 1. The van der Waals surface area contributed by atoms with Gasteiger partial charge in [-0.3, -0.25) is 0 Å². The van der Waals surface area contributed by atoms with Crippen LogP contribution in [-0.2, 0) is 6.42 Å². The molecule has 2 heterocycles. The Hall–Kier alpha value is -1.92. The number of anilines is 1. The molecular formula is C15H17N3O2S. The molecule has 0 atom stereocenters. The predicted molar refractivity (Wildman–Crippen MR) is 85.9 cm³/mol. The van der Waals surface area contributed by atoms with Crippen LogP contribution in [0.3, 0.4) is 0 Å². The van der Waals surface area contributed by atoms with E-state index in [2.05, 4.69) is 16.9 Å². The third-order valence-electron chi connectivity index (χ3n) is 3.19. The van der Waals surface area contributed by atoms with Crippen molar-refractivity contribution in [2.45, 2.75) is 19.8 Å².